The second kappa shape index (κ2) is 2.28. The molecule has 0 spiro atoms. The van der Waals surface area contributed by atoms with Gasteiger partial charge < -0.3 is 0 Å². The molecule has 2 aliphatic carbocycles. The first kappa shape index (κ1) is 6.58. The minimum Gasteiger partial charge on any atom is -0.257 e. The van der Waals surface area contributed by atoms with E-state index < -0.39 is 0 Å². The first-order valence-corrected chi connectivity index (χ1v) is 4.75. The fourth-order valence-electron chi connectivity index (χ4n) is 1.53. The Morgan fingerprint density at radius 3 is 1.50 bits per heavy atom. The third kappa shape index (κ3) is 1.11. The molecule has 2 fully saturated rings. The first-order chi connectivity index (χ1) is 5.93. The molecule has 2 aliphatic rings. The summed E-state index contributed by atoms with van der Waals surface area (Å²) in [6, 6.07) is 0. The normalized spacial score (nSPS) is 22.7. The van der Waals surface area contributed by atoms with Crippen molar-refractivity contribution in [2.45, 2.75) is 37.5 Å². The van der Waals surface area contributed by atoms with E-state index in [1.807, 2.05) is 12.4 Å². The van der Waals surface area contributed by atoms with Gasteiger partial charge in [-0.1, -0.05) is 0 Å². The molecule has 0 N–H and O–H groups in total. The summed E-state index contributed by atoms with van der Waals surface area (Å²) in [6.07, 6.45) is 9.22. The Balaban J connectivity index is 1.86. The summed E-state index contributed by atoms with van der Waals surface area (Å²) >= 11 is 0. The van der Waals surface area contributed by atoms with Crippen LogP contribution in [0.4, 0.5) is 0 Å². The molecule has 1 aromatic heterocycles. The highest BCUT2D eigenvalue weighted by molar-refractivity contribution is 5.16. The molecule has 62 valence electrons. The maximum absolute atomic E-state index is 4.44. The fourth-order valence-corrected chi connectivity index (χ4v) is 1.53. The highest BCUT2D eigenvalue weighted by atomic mass is 14.8. The standard InChI is InChI=1S/C10H12N2/c1-2-7(1)9-5-12-10(6-11-9)8-3-4-8/h5-8H,1-4H2. The number of rotatable bonds is 2. The summed E-state index contributed by atoms with van der Waals surface area (Å²) in [7, 11) is 0. The summed E-state index contributed by atoms with van der Waals surface area (Å²) in [6.45, 7) is 0. The zero-order chi connectivity index (χ0) is 7.97. The third-order valence-electron chi connectivity index (χ3n) is 2.68. The second-order valence-corrected chi connectivity index (χ2v) is 3.91. The van der Waals surface area contributed by atoms with Crippen LogP contribution in [0.1, 0.15) is 48.9 Å². The van der Waals surface area contributed by atoms with Gasteiger partial charge in [0, 0.05) is 24.2 Å². The third-order valence-corrected chi connectivity index (χ3v) is 2.68. The lowest BCUT2D eigenvalue weighted by atomic mass is 10.2. The number of nitrogens with zero attached hydrogens (tertiary/aromatic N) is 2. The summed E-state index contributed by atoms with van der Waals surface area (Å²) < 4.78 is 0. The number of aromatic nitrogens is 2. The number of hydrogen-bond acceptors (Lipinski definition) is 2. The molecule has 3 rings (SSSR count). The van der Waals surface area contributed by atoms with Crippen LogP contribution in [0.3, 0.4) is 0 Å². The Kier molecular flexibility index (Phi) is 1.25. The van der Waals surface area contributed by atoms with Crippen molar-refractivity contribution in [2.24, 2.45) is 0 Å². The van der Waals surface area contributed by atoms with Crippen molar-refractivity contribution < 1.29 is 0 Å². The monoisotopic (exact) mass is 160 g/mol. The van der Waals surface area contributed by atoms with E-state index >= 15 is 0 Å². The van der Waals surface area contributed by atoms with Gasteiger partial charge in [-0.15, -0.1) is 0 Å². The molecule has 12 heavy (non-hydrogen) atoms. The van der Waals surface area contributed by atoms with Crippen LogP contribution in [0.5, 0.6) is 0 Å². The van der Waals surface area contributed by atoms with Crippen molar-refractivity contribution in [1.82, 2.24) is 9.97 Å². The van der Waals surface area contributed by atoms with Crippen molar-refractivity contribution in [3.05, 3.63) is 23.8 Å². The quantitative estimate of drug-likeness (QED) is 0.663. The summed E-state index contributed by atoms with van der Waals surface area (Å²) in [5, 5.41) is 0. The Morgan fingerprint density at radius 2 is 1.25 bits per heavy atom. The predicted octanol–water partition coefficient (Wildman–Crippen LogP) is 2.23. The van der Waals surface area contributed by atoms with Gasteiger partial charge in [-0.2, -0.15) is 0 Å². The van der Waals surface area contributed by atoms with Crippen LogP contribution in [0.15, 0.2) is 12.4 Å². The molecule has 0 radical (unpaired) electrons. The molecule has 2 nitrogen and oxygen atoms in total. The van der Waals surface area contributed by atoms with Crippen LogP contribution in [-0.2, 0) is 0 Å². The lowest BCUT2D eigenvalue weighted by Crippen LogP contribution is -1.92. The Labute approximate surface area is 72.0 Å². The highest BCUT2D eigenvalue weighted by Crippen LogP contribution is 2.41. The molecule has 0 atom stereocenters. The molecule has 2 saturated carbocycles. The Hall–Kier alpha value is -0.920. The smallest absolute Gasteiger partial charge is 0.0617 e. The Bertz CT molecular complexity index is 252. The molecule has 0 aliphatic heterocycles. The van der Waals surface area contributed by atoms with Gasteiger partial charge in [0.25, 0.3) is 0 Å². The van der Waals surface area contributed by atoms with Gasteiger partial charge in [0.2, 0.25) is 0 Å². The zero-order valence-corrected chi connectivity index (χ0v) is 7.03. The van der Waals surface area contributed by atoms with Crippen molar-refractivity contribution in [3.8, 4) is 0 Å². The van der Waals surface area contributed by atoms with Crippen LogP contribution < -0.4 is 0 Å². The molecule has 0 aromatic carbocycles. The van der Waals surface area contributed by atoms with Crippen LogP contribution in [0, 0.1) is 0 Å². The molecular formula is C10H12N2. The average molecular weight is 160 g/mol. The maximum Gasteiger partial charge on any atom is 0.0617 e. The Morgan fingerprint density at radius 1 is 0.833 bits per heavy atom. The fraction of sp³-hybridized carbons (Fsp3) is 0.600. The van der Waals surface area contributed by atoms with Gasteiger partial charge in [-0.3, -0.25) is 9.97 Å². The summed E-state index contributed by atoms with van der Waals surface area (Å²) in [5.74, 6) is 1.48. The second-order valence-electron chi connectivity index (χ2n) is 3.91. The van der Waals surface area contributed by atoms with E-state index in [1.165, 1.54) is 37.1 Å². The largest absolute Gasteiger partial charge is 0.257 e. The topological polar surface area (TPSA) is 25.8 Å². The molecule has 0 amide bonds. The summed E-state index contributed by atoms with van der Waals surface area (Å²) in [5.41, 5.74) is 2.42. The minimum atomic E-state index is 0.741. The molecule has 0 unspecified atom stereocenters. The van der Waals surface area contributed by atoms with Crippen LogP contribution in [-0.4, -0.2) is 9.97 Å². The molecular weight excluding hydrogens is 148 g/mol. The molecule has 1 aromatic rings. The van der Waals surface area contributed by atoms with E-state index in [1.54, 1.807) is 0 Å². The predicted molar refractivity (Wildman–Crippen MR) is 46.0 cm³/mol. The van der Waals surface area contributed by atoms with Crippen LogP contribution >= 0.6 is 0 Å². The van der Waals surface area contributed by atoms with E-state index in [0.717, 1.165) is 11.8 Å². The highest BCUT2D eigenvalue weighted by Gasteiger charge is 2.28. The minimum absolute atomic E-state index is 0.741. The summed E-state index contributed by atoms with van der Waals surface area (Å²) in [4.78, 5) is 8.88. The van der Waals surface area contributed by atoms with Gasteiger partial charge in [0.05, 0.1) is 11.4 Å². The van der Waals surface area contributed by atoms with Gasteiger partial charge in [-0.25, -0.2) is 0 Å². The van der Waals surface area contributed by atoms with Crippen molar-refractivity contribution >= 4 is 0 Å². The van der Waals surface area contributed by atoms with Crippen molar-refractivity contribution in [3.63, 3.8) is 0 Å². The molecule has 1 heterocycles. The first-order valence-electron chi connectivity index (χ1n) is 4.75. The maximum atomic E-state index is 4.44. The molecule has 0 saturated heterocycles. The van der Waals surface area contributed by atoms with E-state index in [2.05, 4.69) is 9.97 Å². The lowest BCUT2D eigenvalue weighted by molar-refractivity contribution is 0.923. The van der Waals surface area contributed by atoms with E-state index in [-0.39, 0.29) is 0 Å². The van der Waals surface area contributed by atoms with Gasteiger partial charge in [0.1, 0.15) is 0 Å². The number of hydrogen-bond donors (Lipinski definition) is 0. The zero-order valence-electron chi connectivity index (χ0n) is 7.03. The molecule has 2 heteroatoms. The van der Waals surface area contributed by atoms with Gasteiger partial charge in [0.15, 0.2) is 0 Å². The SMILES string of the molecule is c1nc(C2CC2)cnc1C1CC1. The molecule has 0 bridgehead atoms. The van der Waals surface area contributed by atoms with E-state index in [4.69, 9.17) is 0 Å². The van der Waals surface area contributed by atoms with E-state index in [9.17, 15) is 0 Å². The van der Waals surface area contributed by atoms with Gasteiger partial charge in [-0.05, 0) is 25.7 Å². The average Bonchev–Trinajstić information content (AvgIpc) is 2.98. The van der Waals surface area contributed by atoms with Crippen molar-refractivity contribution in [1.29, 1.82) is 0 Å². The van der Waals surface area contributed by atoms with Crippen LogP contribution in [0.2, 0.25) is 0 Å². The van der Waals surface area contributed by atoms with Crippen molar-refractivity contribution in [2.75, 3.05) is 0 Å². The van der Waals surface area contributed by atoms with Gasteiger partial charge >= 0.3 is 0 Å². The van der Waals surface area contributed by atoms with E-state index in [0.29, 0.717) is 0 Å². The lowest BCUT2D eigenvalue weighted by Gasteiger charge is -1.98. The van der Waals surface area contributed by atoms with Crippen LogP contribution in [0.25, 0.3) is 0 Å².